The Morgan fingerprint density at radius 3 is 1.82 bits per heavy atom. The van der Waals surface area contributed by atoms with Crippen molar-refractivity contribution in [1.82, 2.24) is 0 Å². The van der Waals surface area contributed by atoms with E-state index in [4.69, 9.17) is 33.2 Å². The summed E-state index contributed by atoms with van der Waals surface area (Å²) in [5, 5.41) is 21.0. The Balaban J connectivity index is 2.27. The second kappa shape index (κ2) is 21.1. The maximum absolute atomic E-state index is 13.9. The Labute approximate surface area is 365 Å². The highest BCUT2D eigenvalue weighted by molar-refractivity contribution is 9.09. The predicted octanol–water partition coefficient (Wildman–Crippen LogP) is 7.91. The third-order valence-corrected chi connectivity index (χ3v) is 10.5. The van der Waals surface area contributed by atoms with E-state index in [1.165, 1.54) is 0 Å². The third-order valence-electron chi connectivity index (χ3n) is 9.96. The molecule has 0 radical (unpaired) electrons. The van der Waals surface area contributed by atoms with Gasteiger partial charge < -0.3 is 43.4 Å². The highest BCUT2D eigenvalue weighted by Gasteiger charge is 2.56. The lowest BCUT2D eigenvalue weighted by Crippen LogP contribution is -2.64. The molecule has 1 heterocycles. The van der Waals surface area contributed by atoms with Gasteiger partial charge in [-0.25, -0.2) is 0 Å². The van der Waals surface area contributed by atoms with Gasteiger partial charge in [0.25, 0.3) is 0 Å². The highest BCUT2D eigenvalue weighted by atomic mass is 79.9. The Morgan fingerprint density at radius 2 is 1.30 bits per heavy atom. The van der Waals surface area contributed by atoms with E-state index in [0.29, 0.717) is 31.6 Å². The number of alkyl halides is 1. The molecule has 2 N–H and O–H groups in total. The summed E-state index contributed by atoms with van der Waals surface area (Å²) in [5.41, 5.74) is -2.96. The summed E-state index contributed by atoms with van der Waals surface area (Å²) in [6.45, 7) is 20.3. The van der Waals surface area contributed by atoms with Crippen molar-refractivity contribution in [1.29, 1.82) is 0 Å². The van der Waals surface area contributed by atoms with Gasteiger partial charge in [0, 0.05) is 30.4 Å². The van der Waals surface area contributed by atoms with Gasteiger partial charge in [-0.2, -0.15) is 0 Å². The number of aliphatic hydroxyl groups is 1. The van der Waals surface area contributed by atoms with Crippen molar-refractivity contribution in [3.63, 3.8) is 0 Å². The first-order valence-corrected chi connectivity index (χ1v) is 21.9. The van der Waals surface area contributed by atoms with Crippen LogP contribution in [0.15, 0.2) is 47.7 Å². The van der Waals surface area contributed by atoms with E-state index in [1.54, 1.807) is 95.2 Å². The standard InChI is InChI=1S/C46H69BrO13/c1-42(2,3)38(50)55-27-33-34(58-39(51)43(4,5)6)35(59-40(52)44(7,8)9)36(60-41(53)45(10,11)12)37(57-33)56-32-26-46(22-24-48,28-54-25-13-23-47)21-20-30(32)17-14-29-15-18-31(49)19-16-29/h15-16,18-21,33-37,48-49H,13-14,17,22-28H2,1-12H3/t33-,34-,35+,36-,37-,46?/m1/s1. The van der Waals surface area contributed by atoms with Gasteiger partial charge >= 0.3 is 23.9 Å². The average Bonchev–Trinajstić information content (AvgIpc) is 3.13. The summed E-state index contributed by atoms with van der Waals surface area (Å²) in [7, 11) is 0. The Bertz CT molecular complexity index is 1670. The van der Waals surface area contributed by atoms with Gasteiger partial charge in [-0.15, -0.1) is 0 Å². The zero-order valence-corrected chi connectivity index (χ0v) is 39.3. The van der Waals surface area contributed by atoms with Crippen LogP contribution in [0.2, 0.25) is 0 Å². The van der Waals surface area contributed by atoms with Crippen LogP contribution in [0.1, 0.15) is 114 Å². The molecule has 1 aliphatic carbocycles. The van der Waals surface area contributed by atoms with Crippen LogP contribution in [-0.4, -0.2) is 96.6 Å². The molecule has 0 aromatic heterocycles. The number of aryl methyl sites for hydroxylation is 1. The Morgan fingerprint density at radius 1 is 0.767 bits per heavy atom. The number of halogens is 1. The van der Waals surface area contributed by atoms with Crippen molar-refractivity contribution in [2.24, 2.45) is 27.1 Å². The van der Waals surface area contributed by atoms with Crippen LogP contribution in [0.3, 0.4) is 0 Å². The molecule has 3 rings (SSSR count). The van der Waals surface area contributed by atoms with Crippen molar-refractivity contribution in [2.75, 3.05) is 31.8 Å². The summed E-state index contributed by atoms with van der Waals surface area (Å²) in [6, 6.07) is 6.90. The first-order chi connectivity index (χ1) is 27.7. The number of hydrogen-bond acceptors (Lipinski definition) is 13. The van der Waals surface area contributed by atoms with E-state index in [1.807, 2.05) is 24.3 Å². The number of rotatable bonds is 17. The number of allylic oxidation sites excluding steroid dienone is 3. The van der Waals surface area contributed by atoms with Gasteiger partial charge in [0.1, 0.15) is 24.2 Å². The number of esters is 4. The zero-order chi connectivity index (χ0) is 45.3. The number of carbonyl (C=O) groups is 4. The lowest BCUT2D eigenvalue weighted by atomic mass is 9.76. The second-order valence-electron chi connectivity index (χ2n) is 19.9. The first-order valence-electron chi connectivity index (χ1n) is 20.8. The van der Waals surface area contributed by atoms with Crippen LogP contribution in [0.5, 0.6) is 5.75 Å². The van der Waals surface area contributed by atoms with Crippen LogP contribution in [0.4, 0.5) is 0 Å². The number of hydrogen-bond donors (Lipinski definition) is 2. The lowest BCUT2D eigenvalue weighted by Gasteiger charge is -2.46. The molecule has 338 valence electrons. The molecular formula is C46H69BrO13. The van der Waals surface area contributed by atoms with Gasteiger partial charge in [-0.3, -0.25) is 19.2 Å². The van der Waals surface area contributed by atoms with E-state index in [9.17, 15) is 29.4 Å². The maximum Gasteiger partial charge on any atom is 0.311 e. The fourth-order valence-electron chi connectivity index (χ4n) is 6.07. The molecular weight excluding hydrogens is 840 g/mol. The maximum atomic E-state index is 13.9. The fraction of sp³-hybridized carbons (Fsp3) is 0.696. The molecule has 1 aliphatic heterocycles. The van der Waals surface area contributed by atoms with Crippen LogP contribution in [-0.2, 0) is 58.8 Å². The fourth-order valence-corrected chi connectivity index (χ4v) is 6.30. The SMILES string of the molecule is CC(C)(C)C(=O)OC[C@H]1O[C@@H](OC2=C(CCc3ccc(O)cc3)C=CC(CCO)(COCCCBr)C2)[C@H](OC(=O)C(C)(C)C)[C@@H](OC(=O)C(C)(C)C)[C@@H]1OC(=O)C(C)(C)C. The zero-order valence-electron chi connectivity index (χ0n) is 37.7. The molecule has 1 aromatic carbocycles. The van der Waals surface area contributed by atoms with E-state index in [0.717, 1.165) is 22.9 Å². The average molecular weight is 910 g/mol. The molecule has 0 saturated carbocycles. The summed E-state index contributed by atoms with van der Waals surface area (Å²) in [4.78, 5) is 54.6. The molecule has 0 amide bonds. The van der Waals surface area contributed by atoms with Gasteiger partial charge in [-0.05, 0) is 132 Å². The molecule has 1 fully saturated rings. The molecule has 1 unspecified atom stereocenters. The van der Waals surface area contributed by atoms with Crippen molar-refractivity contribution >= 4 is 39.8 Å². The number of carbonyl (C=O) groups excluding carboxylic acids is 4. The topological polar surface area (TPSA) is 173 Å². The smallest absolute Gasteiger partial charge is 0.311 e. The number of ether oxygens (including phenoxy) is 7. The van der Waals surface area contributed by atoms with Gasteiger partial charge in [0.05, 0.1) is 28.3 Å². The quantitative estimate of drug-likeness (QED) is 0.0669. The van der Waals surface area contributed by atoms with Crippen molar-refractivity contribution < 1.29 is 62.5 Å². The van der Waals surface area contributed by atoms with Gasteiger partial charge in [-0.1, -0.05) is 40.2 Å². The Kier molecular flexibility index (Phi) is 17.9. The molecule has 0 bridgehead atoms. The summed E-state index contributed by atoms with van der Waals surface area (Å²) in [6.07, 6.45) is -0.747. The monoisotopic (exact) mass is 908 g/mol. The highest BCUT2D eigenvalue weighted by Crippen LogP contribution is 2.42. The van der Waals surface area contributed by atoms with Crippen LogP contribution in [0, 0.1) is 27.1 Å². The molecule has 0 spiro atoms. The minimum absolute atomic E-state index is 0.138. The number of benzene rings is 1. The van der Waals surface area contributed by atoms with Gasteiger partial charge in [0.2, 0.25) is 12.4 Å². The van der Waals surface area contributed by atoms with Crippen molar-refractivity contribution in [2.45, 2.75) is 146 Å². The molecule has 13 nitrogen and oxygen atoms in total. The Hall–Kier alpha value is -3.46. The number of phenolic OH excluding ortho intramolecular Hbond substituents is 1. The normalized spacial score (nSPS) is 23.8. The minimum Gasteiger partial charge on any atom is -0.508 e. The second-order valence-corrected chi connectivity index (χ2v) is 20.7. The number of phenols is 1. The van der Waals surface area contributed by atoms with Crippen molar-refractivity contribution in [3.05, 3.63) is 53.3 Å². The minimum atomic E-state index is -1.49. The molecule has 2 aliphatic rings. The largest absolute Gasteiger partial charge is 0.508 e. The summed E-state index contributed by atoms with van der Waals surface area (Å²) >= 11 is 3.45. The van der Waals surface area contributed by atoms with E-state index >= 15 is 0 Å². The number of aliphatic hydroxyl groups excluding tert-OH is 1. The van der Waals surface area contributed by atoms with Crippen molar-refractivity contribution in [3.8, 4) is 5.75 Å². The third kappa shape index (κ3) is 14.9. The predicted molar refractivity (Wildman–Crippen MR) is 229 cm³/mol. The molecule has 60 heavy (non-hydrogen) atoms. The van der Waals surface area contributed by atoms with E-state index < -0.39 is 88.3 Å². The summed E-state index contributed by atoms with van der Waals surface area (Å²) < 4.78 is 44.0. The molecule has 1 saturated heterocycles. The van der Waals surface area contributed by atoms with Gasteiger partial charge in [0.15, 0.2) is 12.2 Å². The summed E-state index contributed by atoms with van der Waals surface area (Å²) in [5.74, 6) is -1.96. The number of aromatic hydroxyl groups is 1. The van der Waals surface area contributed by atoms with E-state index in [2.05, 4.69) is 15.9 Å². The lowest BCUT2D eigenvalue weighted by molar-refractivity contribution is -0.305. The molecule has 14 heteroatoms. The van der Waals surface area contributed by atoms with E-state index in [-0.39, 0.29) is 25.4 Å². The molecule has 1 aromatic rings. The molecule has 6 atom stereocenters. The van der Waals surface area contributed by atoms with Crippen LogP contribution >= 0.6 is 15.9 Å². The van der Waals surface area contributed by atoms with Crippen LogP contribution in [0.25, 0.3) is 0 Å². The first kappa shape index (κ1) is 50.9. The van der Waals surface area contributed by atoms with Crippen LogP contribution < -0.4 is 0 Å².